The Hall–Kier alpha value is -0.570. The Morgan fingerprint density at radius 1 is 1.62 bits per heavy atom. The average Bonchev–Trinajstić information content (AvgIpc) is 2.00. The molecule has 1 heterocycles. The van der Waals surface area contributed by atoms with Gasteiger partial charge in [0.2, 0.25) is 0 Å². The van der Waals surface area contributed by atoms with Crippen LogP contribution in [0.4, 0.5) is 0 Å². The van der Waals surface area contributed by atoms with Gasteiger partial charge < -0.3 is 9.64 Å². The number of carbonyl (C=O) groups is 1. The van der Waals surface area contributed by atoms with Gasteiger partial charge in [0.15, 0.2) is 0 Å². The molecule has 13 heavy (non-hydrogen) atoms. The highest BCUT2D eigenvalue weighted by molar-refractivity contribution is 5.82. The molecule has 2 atom stereocenters. The number of hydrogen-bond acceptors (Lipinski definition) is 2. The van der Waals surface area contributed by atoms with Crippen LogP contribution < -0.4 is 0 Å². The molecule has 0 aromatic carbocycles. The van der Waals surface area contributed by atoms with Gasteiger partial charge in [0.1, 0.15) is 6.10 Å². The molecule has 0 aromatic heterocycles. The molecule has 0 saturated carbocycles. The zero-order valence-electron chi connectivity index (χ0n) is 9.13. The van der Waals surface area contributed by atoms with E-state index in [1.807, 2.05) is 4.90 Å². The molecule has 0 radical (unpaired) electrons. The van der Waals surface area contributed by atoms with Crippen molar-refractivity contribution in [3.8, 4) is 0 Å². The molecule has 1 amide bonds. The minimum Gasteiger partial charge on any atom is -0.372 e. The van der Waals surface area contributed by atoms with Gasteiger partial charge in [-0.3, -0.25) is 4.79 Å². The number of methoxy groups -OCH3 is 1. The Kier molecular flexibility index (Phi) is 2.66. The molecule has 0 bridgehead atoms. The third kappa shape index (κ3) is 1.70. The van der Waals surface area contributed by atoms with Crippen molar-refractivity contribution < 1.29 is 9.53 Å². The second-order valence-electron chi connectivity index (χ2n) is 4.45. The number of likely N-dealkylation sites (tertiary alicyclic amines) is 1. The van der Waals surface area contributed by atoms with Crippen molar-refractivity contribution >= 4 is 5.91 Å². The van der Waals surface area contributed by atoms with Crippen LogP contribution in [-0.4, -0.2) is 35.6 Å². The maximum Gasteiger partial charge on any atom is 0.252 e. The Balaban J connectivity index is 2.66. The van der Waals surface area contributed by atoms with Crippen LogP contribution in [0.1, 0.15) is 34.1 Å². The van der Waals surface area contributed by atoms with Crippen LogP contribution in [0.2, 0.25) is 0 Å². The Labute approximate surface area is 80.1 Å². The van der Waals surface area contributed by atoms with E-state index in [1.54, 1.807) is 14.0 Å². The van der Waals surface area contributed by atoms with E-state index >= 15 is 0 Å². The van der Waals surface area contributed by atoms with E-state index in [2.05, 4.69) is 20.8 Å². The van der Waals surface area contributed by atoms with Crippen LogP contribution in [0, 0.1) is 0 Å². The van der Waals surface area contributed by atoms with E-state index in [9.17, 15) is 4.79 Å². The zero-order chi connectivity index (χ0) is 10.2. The summed E-state index contributed by atoms with van der Waals surface area (Å²) in [5, 5.41) is 0. The van der Waals surface area contributed by atoms with Crippen LogP contribution in [0.3, 0.4) is 0 Å². The van der Waals surface area contributed by atoms with Crippen molar-refractivity contribution in [1.82, 2.24) is 4.90 Å². The second-order valence-corrected chi connectivity index (χ2v) is 4.45. The summed E-state index contributed by atoms with van der Waals surface area (Å²) in [6, 6.07) is 0.361. The summed E-state index contributed by atoms with van der Waals surface area (Å²) in [5.41, 5.74) is 0.0172. The van der Waals surface area contributed by atoms with Gasteiger partial charge in [-0.25, -0.2) is 0 Å². The van der Waals surface area contributed by atoms with E-state index in [0.29, 0.717) is 6.04 Å². The van der Waals surface area contributed by atoms with E-state index in [0.717, 1.165) is 6.42 Å². The zero-order valence-corrected chi connectivity index (χ0v) is 9.13. The fourth-order valence-electron chi connectivity index (χ4n) is 2.21. The van der Waals surface area contributed by atoms with Crippen LogP contribution >= 0.6 is 0 Å². The molecule has 1 fully saturated rings. The lowest BCUT2D eigenvalue weighted by atomic mass is 9.82. The highest BCUT2D eigenvalue weighted by Gasteiger charge is 2.46. The molecule has 1 saturated heterocycles. The molecular formula is C10H19NO2. The SMILES string of the molecule is COC(C)C(=O)N1C(C)CC1(C)C. The predicted octanol–water partition coefficient (Wildman–Crippen LogP) is 1.42. The maximum absolute atomic E-state index is 11.8. The number of rotatable bonds is 2. The van der Waals surface area contributed by atoms with Crippen LogP contribution in [0.5, 0.6) is 0 Å². The Morgan fingerprint density at radius 2 is 2.15 bits per heavy atom. The third-order valence-corrected chi connectivity index (χ3v) is 2.83. The Bertz CT molecular complexity index is 213. The van der Waals surface area contributed by atoms with Gasteiger partial charge in [-0.1, -0.05) is 0 Å². The summed E-state index contributed by atoms with van der Waals surface area (Å²) in [4.78, 5) is 13.7. The summed E-state index contributed by atoms with van der Waals surface area (Å²) < 4.78 is 5.02. The average molecular weight is 185 g/mol. The standard InChI is InChI=1S/C10H19NO2/c1-7-6-10(3,4)11(7)9(12)8(2)13-5/h7-8H,6H2,1-5H3. The van der Waals surface area contributed by atoms with Crippen LogP contribution in [0.15, 0.2) is 0 Å². The molecule has 0 spiro atoms. The first kappa shape index (κ1) is 10.5. The largest absolute Gasteiger partial charge is 0.372 e. The maximum atomic E-state index is 11.8. The van der Waals surface area contributed by atoms with Gasteiger partial charge in [0.25, 0.3) is 5.91 Å². The van der Waals surface area contributed by atoms with Crippen molar-refractivity contribution in [1.29, 1.82) is 0 Å². The normalized spacial score (nSPS) is 28.1. The van der Waals surface area contributed by atoms with Crippen molar-refractivity contribution in [3.05, 3.63) is 0 Å². The van der Waals surface area contributed by atoms with Gasteiger partial charge in [0.05, 0.1) is 0 Å². The smallest absolute Gasteiger partial charge is 0.252 e. The lowest BCUT2D eigenvalue weighted by Gasteiger charge is -2.54. The van der Waals surface area contributed by atoms with Crippen LogP contribution in [-0.2, 0) is 9.53 Å². The molecule has 3 nitrogen and oxygen atoms in total. The van der Waals surface area contributed by atoms with Crippen LogP contribution in [0.25, 0.3) is 0 Å². The molecule has 1 rings (SSSR count). The van der Waals surface area contributed by atoms with Gasteiger partial charge in [-0.2, -0.15) is 0 Å². The molecule has 3 heteroatoms. The number of ether oxygens (including phenoxy) is 1. The topological polar surface area (TPSA) is 29.5 Å². The Morgan fingerprint density at radius 3 is 2.46 bits per heavy atom. The first-order valence-corrected chi connectivity index (χ1v) is 4.76. The molecule has 0 N–H and O–H groups in total. The van der Waals surface area contributed by atoms with Gasteiger partial charge in [-0.15, -0.1) is 0 Å². The molecule has 76 valence electrons. The number of carbonyl (C=O) groups excluding carboxylic acids is 1. The molecular weight excluding hydrogens is 166 g/mol. The van der Waals surface area contributed by atoms with Crippen molar-refractivity contribution in [2.75, 3.05) is 7.11 Å². The quantitative estimate of drug-likeness (QED) is 0.651. The summed E-state index contributed by atoms with van der Waals surface area (Å²) in [6.45, 7) is 8.05. The lowest BCUT2D eigenvalue weighted by molar-refractivity contribution is -0.162. The molecule has 1 aliphatic rings. The second kappa shape index (κ2) is 3.29. The first-order chi connectivity index (χ1) is 5.90. The van der Waals surface area contributed by atoms with Crippen molar-refractivity contribution in [2.45, 2.75) is 51.8 Å². The predicted molar refractivity (Wildman–Crippen MR) is 51.5 cm³/mol. The number of hydrogen-bond donors (Lipinski definition) is 0. The van der Waals surface area contributed by atoms with Crippen molar-refractivity contribution in [2.24, 2.45) is 0 Å². The molecule has 0 aliphatic carbocycles. The summed E-state index contributed by atoms with van der Waals surface area (Å²) in [6.07, 6.45) is 0.761. The van der Waals surface area contributed by atoms with E-state index < -0.39 is 0 Å². The lowest BCUT2D eigenvalue weighted by Crippen LogP contribution is -2.65. The molecule has 1 aliphatic heterocycles. The summed E-state index contributed by atoms with van der Waals surface area (Å²) in [7, 11) is 1.57. The molecule has 2 unspecified atom stereocenters. The van der Waals surface area contributed by atoms with Gasteiger partial charge >= 0.3 is 0 Å². The number of amides is 1. The highest BCUT2D eigenvalue weighted by Crippen LogP contribution is 2.36. The fourth-order valence-corrected chi connectivity index (χ4v) is 2.21. The van der Waals surface area contributed by atoms with E-state index in [4.69, 9.17) is 4.74 Å². The minimum absolute atomic E-state index is 0.0172. The van der Waals surface area contributed by atoms with E-state index in [-0.39, 0.29) is 17.6 Å². The fraction of sp³-hybridized carbons (Fsp3) is 0.900. The third-order valence-electron chi connectivity index (χ3n) is 2.83. The first-order valence-electron chi connectivity index (χ1n) is 4.76. The molecule has 0 aromatic rings. The number of nitrogens with zero attached hydrogens (tertiary/aromatic N) is 1. The monoisotopic (exact) mass is 185 g/mol. The highest BCUT2D eigenvalue weighted by atomic mass is 16.5. The van der Waals surface area contributed by atoms with Crippen molar-refractivity contribution in [3.63, 3.8) is 0 Å². The van der Waals surface area contributed by atoms with E-state index in [1.165, 1.54) is 0 Å². The van der Waals surface area contributed by atoms with Gasteiger partial charge in [0, 0.05) is 18.7 Å². The summed E-state index contributed by atoms with van der Waals surface area (Å²) >= 11 is 0. The summed E-state index contributed by atoms with van der Waals surface area (Å²) in [5.74, 6) is 0.103. The minimum atomic E-state index is -0.318. The van der Waals surface area contributed by atoms with Gasteiger partial charge in [-0.05, 0) is 34.1 Å².